The van der Waals surface area contributed by atoms with E-state index in [1.54, 1.807) is 3.71 Å². The van der Waals surface area contributed by atoms with Gasteiger partial charge in [0.1, 0.15) is 0 Å². The van der Waals surface area contributed by atoms with Crippen LogP contribution in [0.15, 0.2) is 12.5 Å². The Morgan fingerprint density at radius 1 is 0.857 bits per heavy atom. The molecule has 0 aromatic carbocycles. The van der Waals surface area contributed by atoms with Gasteiger partial charge in [-0.05, 0) is 0 Å². The van der Waals surface area contributed by atoms with Crippen molar-refractivity contribution < 1.29 is 0 Å². The quantitative estimate of drug-likeness (QED) is 0.347. The average Bonchev–Trinajstić information content (AvgIpc) is 2.92. The minimum atomic E-state index is -2.26. The van der Waals surface area contributed by atoms with Gasteiger partial charge in [0.25, 0.3) is 0 Å². The summed E-state index contributed by atoms with van der Waals surface area (Å²) < 4.78 is 8.32. The predicted octanol–water partition coefficient (Wildman–Crippen LogP) is 5.26. The van der Waals surface area contributed by atoms with E-state index in [2.05, 4.69) is 38.6 Å². The molecule has 0 aliphatic heterocycles. The molecule has 0 aliphatic carbocycles. The van der Waals surface area contributed by atoms with Crippen molar-refractivity contribution in [1.29, 1.82) is 0 Å². The Labute approximate surface area is 136 Å². The van der Waals surface area contributed by atoms with Gasteiger partial charge in [-0.2, -0.15) is 0 Å². The van der Waals surface area contributed by atoms with E-state index in [4.69, 9.17) is 4.98 Å². The summed E-state index contributed by atoms with van der Waals surface area (Å²) in [6, 6.07) is 0. The maximum atomic E-state index is 4.85. The third-order valence-corrected chi connectivity index (χ3v) is 19.8. The fraction of sp³-hybridized carbons (Fsp3) is 0.833. The molecule has 0 radical (unpaired) electrons. The van der Waals surface area contributed by atoms with Gasteiger partial charge in [-0.3, -0.25) is 0 Å². The van der Waals surface area contributed by atoms with Crippen molar-refractivity contribution in [3.8, 4) is 0 Å². The molecular formula is C18H36N2Sn. The van der Waals surface area contributed by atoms with Gasteiger partial charge in [-0.25, -0.2) is 0 Å². The summed E-state index contributed by atoms with van der Waals surface area (Å²) in [6.07, 6.45) is 15.5. The minimum absolute atomic E-state index is 1.34. The molecular weight excluding hydrogens is 363 g/mol. The average molecular weight is 399 g/mol. The Morgan fingerprint density at radius 3 is 1.81 bits per heavy atom. The summed E-state index contributed by atoms with van der Waals surface area (Å²) in [5.41, 5.74) is 0. The van der Waals surface area contributed by atoms with Gasteiger partial charge in [0.15, 0.2) is 0 Å². The Kier molecular flexibility index (Phi) is 9.70. The molecule has 21 heavy (non-hydrogen) atoms. The molecule has 0 saturated heterocycles. The summed E-state index contributed by atoms with van der Waals surface area (Å²) in [4.78, 5) is 4.85. The van der Waals surface area contributed by atoms with Crippen LogP contribution in [0.5, 0.6) is 0 Å². The van der Waals surface area contributed by atoms with Gasteiger partial charge in [-0.1, -0.05) is 0 Å². The summed E-state index contributed by atoms with van der Waals surface area (Å²) in [5, 5.41) is 0. The number of aromatic nitrogens is 2. The SMILES string of the molecule is CCCC[CH2][Sn]([CH2]CCC)([CH2]CCCC)[c]1cn(C)cn1. The predicted molar refractivity (Wildman–Crippen MR) is 97.0 cm³/mol. The van der Waals surface area contributed by atoms with E-state index in [1.165, 1.54) is 64.7 Å². The van der Waals surface area contributed by atoms with Crippen molar-refractivity contribution in [2.45, 2.75) is 85.4 Å². The van der Waals surface area contributed by atoms with Crippen LogP contribution in [0, 0.1) is 0 Å². The van der Waals surface area contributed by atoms with Gasteiger partial charge in [0.05, 0.1) is 0 Å². The molecule has 0 N–H and O–H groups in total. The van der Waals surface area contributed by atoms with Crippen LogP contribution in [-0.2, 0) is 7.05 Å². The maximum absolute atomic E-state index is 4.85. The fourth-order valence-electron chi connectivity index (χ4n) is 3.39. The zero-order chi connectivity index (χ0) is 15.6. The van der Waals surface area contributed by atoms with Crippen LogP contribution in [0.25, 0.3) is 0 Å². The first kappa shape index (κ1) is 19.1. The molecule has 1 aromatic rings. The molecule has 122 valence electrons. The number of aryl methyl sites for hydroxylation is 1. The number of unbranched alkanes of at least 4 members (excludes halogenated alkanes) is 5. The molecule has 2 nitrogen and oxygen atoms in total. The van der Waals surface area contributed by atoms with E-state index < -0.39 is 18.4 Å². The van der Waals surface area contributed by atoms with Crippen LogP contribution in [0.1, 0.15) is 72.1 Å². The third-order valence-electron chi connectivity index (χ3n) is 4.77. The van der Waals surface area contributed by atoms with Crippen LogP contribution in [0.2, 0.25) is 13.3 Å². The van der Waals surface area contributed by atoms with Gasteiger partial charge in [0.2, 0.25) is 0 Å². The van der Waals surface area contributed by atoms with Crippen molar-refractivity contribution in [2.75, 3.05) is 0 Å². The molecule has 0 saturated carbocycles. The second-order valence-corrected chi connectivity index (χ2v) is 19.8. The van der Waals surface area contributed by atoms with Gasteiger partial charge in [0, 0.05) is 0 Å². The summed E-state index contributed by atoms with van der Waals surface area (Å²) in [5.74, 6) is 0. The first-order chi connectivity index (χ1) is 10.2. The summed E-state index contributed by atoms with van der Waals surface area (Å²) in [7, 11) is 2.13. The number of hydrogen-bond donors (Lipinski definition) is 0. The Hall–Kier alpha value is 0.00870. The molecule has 0 spiro atoms. The van der Waals surface area contributed by atoms with E-state index in [0.717, 1.165) is 0 Å². The molecule has 0 unspecified atom stereocenters. The monoisotopic (exact) mass is 400 g/mol. The first-order valence-corrected chi connectivity index (χ1v) is 16.6. The molecule has 0 atom stereocenters. The first-order valence-electron chi connectivity index (χ1n) is 9.17. The van der Waals surface area contributed by atoms with Crippen LogP contribution < -0.4 is 3.71 Å². The van der Waals surface area contributed by atoms with E-state index in [-0.39, 0.29) is 0 Å². The van der Waals surface area contributed by atoms with Crippen molar-refractivity contribution in [1.82, 2.24) is 9.55 Å². The zero-order valence-electron chi connectivity index (χ0n) is 14.8. The molecule has 1 aromatic heterocycles. The second-order valence-electron chi connectivity index (χ2n) is 6.72. The Bertz CT molecular complexity index is 363. The van der Waals surface area contributed by atoms with Crippen LogP contribution in [0.4, 0.5) is 0 Å². The van der Waals surface area contributed by atoms with Crippen molar-refractivity contribution >= 4 is 22.1 Å². The molecule has 0 aliphatic rings. The van der Waals surface area contributed by atoms with Gasteiger partial charge < -0.3 is 0 Å². The van der Waals surface area contributed by atoms with Crippen LogP contribution in [0.3, 0.4) is 0 Å². The number of nitrogens with zero attached hydrogens (tertiary/aromatic N) is 2. The summed E-state index contributed by atoms with van der Waals surface area (Å²) >= 11 is -2.26. The van der Waals surface area contributed by atoms with Crippen molar-refractivity contribution in [2.24, 2.45) is 7.05 Å². The van der Waals surface area contributed by atoms with E-state index in [9.17, 15) is 0 Å². The molecule has 0 fully saturated rings. The molecule has 1 heterocycles. The number of imidazole rings is 1. The molecule has 1 rings (SSSR count). The molecule has 0 amide bonds. The topological polar surface area (TPSA) is 17.8 Å². The number of hydrogen-bond acceptors (Lipinski definition) is 1. The molecule has 0 bridgehead atoms. The third kappa shape index (κ3) is 6.33. The van der Waals surface area contributed by atoms with Gasteiger partial charge in [-0.15, -0.1) is 0 Å². The van der Waals surface area contributed by atoms with E-state index in [0.29, 0.717) is 0 Å². The van der Waals surface area contributed by atoms with Crippen LogP contribution in [-0.4, -0.2) is 27.9 Å². The standard InChI is InChI=1S/2C5H11.C4H5N2.C4H9.Sn/c2*1-3-5-4-2;1-6-3-2-5-4-6;1-3-4-2;/h2*1,3-5H2,2H3;3-4H,1H3;1,3-4H2,2H3;. The second kappa shape index (κ2) is 10.7. The Morgan fingerprint density at radius 2 is 1.38 bits per heavy atom. The van der Waals surface area contributed by atoms with E-state index >= 15 is 0 Å². The Balaban J connectivity index is 2.88. The van der Waals surface area contributed by atoms with Crippen molar-refractivity contribution in [3.05, 3.63) is 12.5 Å². The molecule has 3 heteroatoms. The zero-order valence-corrected chi connectivity index (χ0v) is 17.7. The number of rotatable bonds is 12. The van der Waals surface area contributed by atoms with Crippen molar-refractivity contribution in [3.63, 3.8) is 0 Å². The summed E-state index contributed by atoms with van der Waals surface area (Å²) in [6.45, 7) is 6.98. The van der Waals surface area contributed by atoms with E-state index in [1.807, 2.05) is 6.33 Å². The van der Waals surface area contributed by atoms with Gasteiger partial charge >= 0.3 is 137 Å². The van der Waals surface area contributed by atoms with Crippen LogP contribution >= 0.6 is 0 Å². The fourth-order valence-corrected chi connectivity index (χ4v) is 18.3. The normalized spacial score (nSPS) is 12.0.